The summed E-state index contributed by atoms with van der Waals surface area (Å²) in [4.78, 5) is 13.4. The molecule has 1 heterocycles. The van der Waals surface area contributed by atoms with Crippen molar-refractivity contribution in [3.8, 4) is 11.5 Å². The number of hydrogen-bond donors (Lipinski definition) is 0. The van der Waals surface area contributed by atoms with Crippen molar-refractivity contribution in [3.63, 3.8) is 0 Å². The molecule has 0 saturated carbocycles. The van der Waals surface area contributed by atoms with Gasteiger partial charge in [-0.1, -0.05) is 66.7 Å². The average Bonchev–Trinajstić information content (AvgIpc) is 3.23. The van der Waals surface area contributed by atoms with Gasteiger partial charge in [-0.25, -0.2) is 16.8 Å². The molecular formula is C29H24O7S2. The lowest BCUT2D eigenvalue weighted by Crippen LogP contribution is -2.43. The molecular weight excluding hydrogens is 524 g/mol. The molecule has 9 heteroatoms. The molecule has 0 bridgehead atoms. The number of ether oxygens (including phenoxy) is 2. The Morgan fingerprint density at radius 1 is 0.737 bits per heavy atom. The Labute approximate surface area is 221 Å². The second kappa shape index (κ2) is 9.74. The molecule has 0 saturated heterocycles. The quantitative estimate of drug-likeness (QED) is 0.235. The van der Waals surface area contributed by atoms with Crippen LogP contribution in [0.5, 0.6) is 11.5 Å². The number of rotatable bonds is 8. The second-order valence-corrected chi connectivity index (χ2v) is 13.4. The van der Waals surface area contributed by atoms with E-state index in [1.807, 2.05) is 0 Å². The van der Waals surface area contributed by atoms with Gasteiger partial charge in [0, 0.05) is 12.0 Å². The number of methoxy groups -OCH3 is 1. The van der Waals surface area contributed by atoms with E-state index >= 15 is 0 Å². The Bertz CT molecular complexity index is 1620. The second-order valence-electron chi connectivity index (χ2n) is 8.87. The molecule has 0 aromatic heterocycles. The van der Waals surface area contributed by atoms with Gasteiger partial charge < -0.3 is 9.47 Å². The molecule has 0 amide bonds. The summed E-state index contributed by atoms with van der Waals surface area (Å²) in [5.74, 6) is -0.133. The molecule has 0 N–H and O–H groups in total. The molecule has 0 fully saturated rings. The Morgan fingerprint density at radius 3 is 1.74 bits per heavy atom. The largest absolute Gasteiger partial charge is 0.497 e. The van der Waals surface area contributed by atoms with E-state index in [1.54, 1.807) is 60.7 Å². The van der Waals surface area contributed by atoms with Crippen molar-refractivity contribution in [2.75, 3.05) is 7.11 Å². The van der Waals surface area contributed by atoms with Gasteiger partial charge in [0.1, 0.15) is 16.9 Å². The highest BCUT2D eigenvalue weighted by molar-refractivity contribution is 8.09. The fourth-order valence-electron chi connectivity index (χ4n) is 4.82. The summed E-state index contributed by atoms with van der Waals surface area (Å²) < 4.78 is 65.4. The third-order valence-corrected chi connectivity index (χ3v) is 11.9. The van der Waals surface area contributed by atoms with Gasteiger partial charge in [0.2, 0.25) is 0 Å². The van der Waals surface area contributed by atoms with Crippen LogP contribution in [0.2, 0.25) is 0 Å². The van der Waals surface area contributed by atoms with E-state index in [9.17, 15) is 21.6 Å². The standard InChI is InChI=1S/C29H24O7S2/c1-35-22-17-18-26-25(19-22)29(28(30)36-26,21-11-5-2-6-12-21)20-27(37(31,32)23-13-7-3-8-14-23)38(33,34)24-15-9-4-10-16-24/h2-19,27H,20H2,1H3/t29-/m1/s1. The molecule has 0 aliphatic carbocycles. The predicted molar refractivity (Wildman–Crippen MR) is 142 cm³/mol. The summed E-state index contributed by atoms with van der Waals surface area (Å²) in [6.45, 7) is 0. The zero-order chi connectivity index (χ0) is 27.0. The van der Waals surface area contributed by atoms with Crippen LogP contribution in [-0.2, 0) is 29.9 Å². The van der Waals surface area contributed by atoms with Crippen LogP contribution in [0.1, 0.15) is 17.5 Å². The zero-order valence-corrected chi connectivity index (χ0v) is 22.0. The topological polar surface area (TPSA) is 104 Å². The third-order valence-electron chi connectivity index (χ3n) is 6.77. The van der Waals surface area contributed by atoms with Crippen LogP contribution in [0.4, 0.5) is 0 Å². The van der Waals surface area contributed by atoms with Gasteiger partial charge in [-0.3, -0.25) is 4.79 Å². The third kappa shape index (κ3) is 4.17. The zero-order valence-electron chi connectivity index (χ0n) is 20.4. The van der Waals surface area contributed by atoms with Gasteiger partial charge in [0.25, 0.3) is 0 Å². The van der Waals surface area contributed by atoms with Crippen LogP contribution in [0.25, 0.3) is 0 Å². The first-order valence-corrected chi connectivity index (χ1v) is 14.8. The molecule has 0 spiro atoms. The summed E-state index contributed by atoms with van der Waals surface area (Å²) in [6, 6.07) is 28.0. The molecule has 1 atom stereocenters. The van der Waals surface area contributed by atoms with E-state index in [1.165, 1.54) is 55.6 Å². The monoisotopic (exact) mass is 548 g/mol. The van der Waals surface area contributed by atoms with Crippen LogP contribution in [0.3, 0.4) is 0 Å². The minimum atomic E-state index is -4.51. The Balaban J connectivity index is 1.80. The number of fused-ring (bicyclic) bond motifs is 1. The molecule has 1 aliphatic heterocycles. The lowest BCUT2D eigenvalue weighted by molar-refractivity contribution is -0.137. The molecule has 0 unspecified atom stereocenters. The minimum absolute atomic E-state index is 0.162. The highest BCUT2D eigenvalue weighted by Crippen LogP contribution is 2.50. The number of esters is 1. The van der Waals surface area contributed by atoms with Crippen LogP contribution in [0, 0.1) is 0 Å². The lowest BCUT2D eigenvalue weighted by atomic mass is 9.73. The maximum atomic E-state index is 14.1. The van der Waals surface area contributed by atoms with Crippen molar-refractivity contribution in [1.29, 1.82) is 0 Å². The normalized spacial score (nSPS) is 17.2. The van der Waals surface area contributed by atoms with Crippen molar-refractivity contribution in [1.82, 2.24) is 0 Å². The Morgan fingerprint density at radius 2 is 1.24 bits per heavy atom. The van der Waals surface area contributed by atoms with E-state index in [2.05, 4.69) is 0 Å². The van der Waals surface area contributed by atoms with Gasteiger partial charge in [-0.2, -0.15) is 0 Å². The minimum Gasteiger partial charge on any atom is -0.497 e. The van der Waals surface area contributed by atoms with Crippen molar-refractivity contribution in [2.24, 2.45) is 0 Å². The van der Waals surface area contributed by atoms with E-state index in [0.717, 1.165) is 0 Å². The van der Waals surface area contributed by atoms with Crippen molar-refractivity contribution in [2.45, 2.75) is 26.2 Å². The van der Waals surface area contributed by atoms with Crippen molar-refractivity contribution in [3.05, 3.63) is 120 Å². The maximum Gasteiger partial charge on any atom is 0.326 e. The highest BCUT2D eigenvalue weighted by atomic mass is 32.3. The number of carbonyl (C=O) groups is 1. The van der Waals surface area contributed by atoms with Crippen LogP contribution >= 0.6 is 0 Å². The molecule has 5 rings (SSSR count). The van der Waals surface area contributed by atoms with Gasteiger partial charge in [-0.15, -0.1) is 0 Å². The fourth-order valence-corrected chi connectivity index (χ4v) is 9.44. The number of sulfone groups is 2. The van der Waals surface area contributed by atoms with E-state index < -0.39 is 42.1 Å². The molecule has 0 radical (unpaired) electrons. The van der Waals surface area contributed by atoms with Crippen molar-refractivity contribution < 1.29 is 31.1 Å². The fraction of sp³-hybridized carbons (Fsp3) is 0.138. The van der Waals surface area contributed by atoms with Gasteiger partial charge in [-0.05, 0) is 48.0 Å². The number of carbonyl (C=O) groups excluding carboxylic acids is 1. The maximum absolute atomic E-state index is 14.1. The first-order chi connectivity index (χ1) is 18.2. The smallest absolute Gasteiger partial charge is 0.326 e. The average molecular weight is 549 g/mol. The summed E-state index contributed by atoms with van der Waals surface area (Å²) in [6.07, 6.45) is -0.607. The highest BCUT2D eigenvalue weighted by Gasteiger charge is 2.56. The first-order valence-electron chi connectivity index (χ1n) is 11.8. The molecule has 7 nitrogen and oxygen atoms in total. The van der Waals surface area contributed by atoms with Gasteiger partial charge in [0.05, 0.1) is 16.9 Å². The van der Waals surface area contributed by atoms with E-state index in [0.29, 0.717) is 16.9 Å². The van der Waals surface area contributed by atoms with Crippen LogP contribution in [0.15, 0.2) is 119 Å². The molecule has 38 heavy (non-hydrogen) atoms. The molecule has 194 valence electrons. The number of hydrogen-bond acceptors (Lipinski definition) is 7. The summed E-state index contributed by atoms with van der Waals surface area (Å²) in [5, 5.41) is 0. The van der Waals surface area contributed by atoms with Gasteiger partial charge in [0.15, 0.2) is 24.3 Å². The van der Waals surface area contributed by atoms with Crippen molar-refractivity contribution >= 4 is 25.6 Å². The van der Waals surface area contributed by atoms with E-state index in [-0.39, 0.29) is 15.5 Å². The summed E-state index contributed by atoms with van der Waals surface area (Å²) >= 11 is 0. The summed E-state index contributed by atoms with van der Waals surface area (Å²) in [5.41, 5.74) is -0.988. The Kier molecular flexibility index (Phi) is 6.58. The van der Waals surface area contributed by atoms with E-state index in [4.69, 9.17) is 9.47 Å². The number of benzene rings is 4. The molecule has 4 aromatic carbocycles. The molecule has 1 aliphatic rings. The Hall–Kier alpha value is -3.95. The molecule has 4 aromatic rings. The first kappa shape index (κ1) is 25.7. The summed E-state index contributed by atoms with van der Waals surface area (Å²) in [7, 11) is -7.55. The lowest BCUT2D eigenvalue weighted by Gasteiger charge is -2.31. The SMILES string of the molecule is COc1ccc2c(c1)[C@@](CC(S(=O)(=O)c1ccccc1)S(=O)(=O)c1ccccc1)(c1ccccc1)C(=O)O2. The van der Waals surface area contributed by atoms with Gasteiger partial charge >= 0.3 is 5.97 Å². The van der Waals surface area contributed by atoms with Crippen LogP contribution in [-0.4, -0.2) is 34.5 Å². The van der Waals surface area contributed by atoms with Crippen LogP contribution < -0.4 is 9.47 Å². The predicted octanol–water partition coefficient (Wildman–Crippen LogP) is 4.56.